The molecule has 0 bridgehead atoms. The Morgan fingerprint density at radius 2 is 2.07 bits per heavy atom. The number of rotatable bonds is 9. The van der Waals surface area contributed by atoms with E-state index in [1.54, 1.807) is 24.3 Å². The van der Waals surface area contributed by atoms with Gasteiger partial charge in [0.2, 0.25) is 5.91 Å². The first-order valence-corrected chi connectivity index (χ1v) is 10.7. The molecule has 0 aliphatic heterocycles. The number of nitrogens with one attached hydrogen (secondary N) is 1. The number of nitrogens with zero attached hydrogens (tertiary/aromatic N) is 4. The second-order valence-corrected chi connectivity index (χ2v) is 8.01. The van der Waals surface area contributed by atoms with Gasteiger partial charge in [-0.1, -0.05) is 41.0 Å². The van der Waals surface area contributed by atoms with Gasteiger partial charge in [-0.05, 0) is 42.8 Å². The van der Waals surface area contributed by atoms with E-state index in [0.29, 0.717) is 33.4 Å². The summed E-state index contributed by atoms with van der Waals surface area (Å²) in [4.78, 5) is 16.2. The number of aryl methyl sites for hydroxylation is 1. The number of aromatic nitrogens is 4. The van der Waals surface area contributed by atoms with Crippen molar-refractivity contribution in [2.24, 2.45) is 0 Å². The van der Waals surface area contributed by atoms with Crippen LogP contribution in [-0.2, 0) is 17.9 Å². The van der Waals surface area contributed by atoms with Crippen molar-refractivity contribution in [2.75, 3.05) is 11.1 Å². The fourth-order valence-electron chi connectivity index (χ4n) is 2.52. The van der Waals surface area contributed by atoms with Crippen molar-refractivity contribution in [3.8, 4) is 5.75 Å². The van der Waals surface area contributed by atoms with Crippen LogP contribution in [0.3, 0.4) is 0 Å². The summed E-state index contributed by atoms with van der Waals surface area (Å²) in [5, 5.41) is 12.9. The van der Waals surface area contributed by atoms with Crippen LogP contribution >= 0.6 is 35.0 Å². The fourth-order valence-corrected chi connectivity index (χ4v) is 3.63. The van der Waals surface area contributed by atoms with Crippen molar-refractivity contribution in [2.45, 2.75) is 25.2 Å². The van der Waals surface area contributed by atoms with Crippen molar-refractivity contribution in [1.29, 1.82) is 0 Å². The number of pyridine rings is 1. The predicted molar refractivity (Wildman–Crippen MR) is 119 cm³/mol. The standard InChI is InChI=1S/C20H19Cl2N5O2S/c1-3-8-27-18(11-29-16-6-4-14(21)9-13(16)2)25-26-20(27)30-12-19(28)24-17-7-5-15(22)10-23-17/h3-7,9-10H,1,8,11-12H2,2H3,(H,23,24,28). The number of carbonyl (C=O) groups is 1. The Labute approximate surface area is 188 Å². The summed E-state index contributed by atoms with van der Waals surface area (Å²) in [6, 6.07) is 8.72. The molecule has 0 aliphatic rings. The number of hydrogen-bond donors (Lipinski definition) is 1. The first kappa shape index (κ1) is 22.1. The van der Waals surface area contributed by atoms with E-state index in [1.807, 2.05) is 23.6 Å². The van der Waals surface area contributed by atoms with Crippen LogP contribution in [0, 0.1) is 6.92 Å². The first-order valence-electron chi connectivity index (χ1n) is 8.92. The summed E-state index contributed by atoms with van der Waals surface area (Å²) < 4.78 is 7.73. The molecule has 3 aromatic rings. The van der Waals surface area contributed by atoms with Crippen LogP contribution in [0.15, 0.2) is 54.3 Å². The van der Waals surface area contributed by atoms with Crippen LogP contribution < -0.4 is 10.1 Å². The molecule has 0 fully saturated rings. The predicted octanol–water partition coefficient (Wildman–Crippen LogP) is 4.78. The quantitative estimate of drug-likeness (QED) is 0.363. The van der Waals surface area contributed by atoms with Gasteiger partial charge in [0.05, 0.1) is 10.8 Å². The molecule has 1 amide bonds. The van der Waals surface area contributed by atoms with E-state index < -0.39 is 0 Å². The zero-order valence-corrected chi connectivity index (χ0v) is 18.5. The second-order valence-electron chi connectivity index (χ2n) is 6.20. The minimum atomic E-state index is -0.211. The molecular weight excluding hydrogens is 445 g/mol. The number of halogens is 2. The molecule has 0 spiro atoms. The zero-order valence-electron chi connectivity index (χ0n) is 16.1. The van der Waals surface area contributed by atoms with Crippen molar-refractivity contribution in [3.63, 3.8) is 0 Å². The topological polar surface area (TPSA) is 81.9 Å². The summed E-state index contributed by atoms with van der Waals surface area (Å²) in [6.45, 7) is 6.42. The molecule has 0 saturated carbocycles. The number of hydrogen-bond acceptors (Lipinski definition) is 6. The third-order valence-corrected chi connectivity index (χ3v) is 5.35. The van der Waals surface area contributed by atoms with E-state index >= 15 is 0 Å². The van der Waals surface area contributed by atoms with Crippen LogP contribution in [0.25, 0.3) is 0 Å². The molecule has 156 valence electrons. The molecule has 0 saturated heterocycles. The Morgan fingerprint density at radius 3 is 2.77 bits per heavy atom. The van der Waals surface area contributed by atoms with E-state index in [-0.39, 0.29) is 18.3 Å². The molecule has 1 aromatic carbocycles. The highest BCUT2D eigenvalue weighted by Gasteiger charge is 2.15. The highest BCUT2D eigenvalue weighted by molar-refractivity contribution is 7.99. The molecule has 0 unspecified atom stereocenters. The molecule has 7 nitrogen and oxygen atoms in total. The average Bonchev–Trinajstić information content (AvgIpc) is 3.09. The van der Waals surface area contributed by atoms with Crippen LogP contribution in [-0.4, -0.2) is 31.4 Å². The van der Waals surface area contributed by atoms with Crippen molar-refractivity contribution < 1.29 is 9.53 Å². The van der Waals surface area contributed by atoms with E-state index in [2.05, 4.69) is 27.1 Å². The van der Waals surface area contributed by atoms with Crippen LogP contribution in [0.1, 0.15) is 11.4 Å². The van der Waals surface area contributed by atoms with Gasteiger partial charge in [0, 0.05) is 17.8 Å². The van der Waals surface area contributed by atoms with Gasteiger partial charge in [-0.25, -0.2) is 4.98 Å². The number of amides is 1. The van der Waals surface area contributed by atoms with E-state index in [9.17, 15) is 4.79 Å². The lowest BCUT2D eigenvalue weighted by Crippen LogP contribution is -2.15. The van der Waals surface area contributed by atoms with Gasteiger partial charge in [0.15, 0.2) is 11.0 Å². The average molecular weight is 464 g/mol. The second kappa shape index (κ2) is 10.5. The molecule has 2 aromatic heterocycles. The lowest BCUT2D eigenvalue weighted by atomic mass is 10.2. The summed E-state index contributed by atoms with van der Waals surface area (Å²) >= 11 is 13.0. The van der Waals surface area contributed by atoms with Gasteiger partial charge >= 0.3 is 0 Å². The Hall–Kier alpha value is -2.55. The van der Waals surface area contributed by atoms with E-state index in [0.717, 1.165) is 11.3 Å². The van der Waals surface area contributed by atoms with Crippen molar-refractivity contribution >= 4 is 46.7 Å². The van der Waals surface area contributed by atoms with Gasteiger partial charge in [-0.3, -0.25) is 9.36 Å². The molecular formula is C20H19Cl2N5O2S. The highest BCUT2D eigenvalue weighted by atomic mass is 35.5. The Kier molecular flexibility index (Phi) is 7.73. The van der Waals surface area contributed by atoms with E-state index in [4.69, 9.17) is 27.9 Å². The maximum atomic E-state index is 12.2. The molecule has 2 heterocycles. The summed E-state index contributed by atoms with van der Waals surface area (Å²) in [5.74, 6) is 1.72. The summed E-state index contributed by atoms with van der Waals surface area (Å²) in [5.41, 5.74) is 0.930. The van der Waals surface area contributed by atoms with E-state index in [1.165, 1.54) is 18.0 Å². The minimum absolute atomic E-state index is 0.150. The molecule has 1 N–H and O–H groups in total. The zero-order chi connectivity index (χ0) is 21.5. The van der Waals surface area contributed by atoms with Gasteiger partial charge in [-0.2, -0.15) is 0 Å². The van der Waals surface area contributed by atoms with Gasteiger partial charge in [-0.15, -0.1) is 16.8 Å². The van der Waals surface area contributed by atoms with Gasteiger partial charge in [0.25, 0.3) is 0 Å². The number of thioether (sulfide) groups is 1. The number of anilines is 1. The number of allylic oxidation sites excluding steroid dienone is 1. The van der Waals surface area contributed by atoms with Crippen LogP contribution in [0.4, 0.5) is 5.82 Å². The Bertz CT molecular complexity index is 1040. The first-order chi connectivity index (χ1) is 14.5. The number of ether oxygens (including phenoxy) is 1. The van der Waals surface area contributed by atoms with Gasteiger partial charge in [0.1, 0.15) is 18.2 Å². The molecule has 0 radical (unpaired) electrons. The lowest BCUT2D eigenvalue weighted by Gasteiger charge is -2.11. The monoisotopic (exact) mass is 463 g/mol. The SMILES string of the molecule is C=CCn1c(COc2ccc(Cl)cc2C)nnc1SCC(=O)Nc1ccc(Cl)cn1. The fraction of sp³-hybridized carbons (Fsp3) is 0.200. The lowest BCUT2D eigenvalue weighted by molar-refractivity contribution is -0.113. The highest BCUT2D eigenvalue weighted by Crippen LogP contribution is 2.24. The summed E-state index contributed by atoms with van der Waals surface area (Å²) in [6.07, 6.45) is 3.21. The molecule has 30 heavy (non-hydrogen) atoms. The van der Waals surface area contributed by atoms with Crippen LogP contribution in [0.5, 0.6) is 5.75 Å². The van der Waals surface area contributed by atoms with Crippen molar-refractivity contribution in [1.82, 2.24) is 19.7 Å². The van der Waals surface area contributed by atoms with Crippen LogP contribution in [0.2, 0.25) is 10.0 Å². The maximum Gasteiger partial charge on any atom is 0.236 e. The third-order valence-electron chi connectivity index (χ3n) is 3.93. The normalized spacial score (nSPS) is 10.6. The molecule has 3 rings (SSSR count). The maximum absolute atomic E-state index is 12.2. The largest absolute Gasteiger partial charge is 0.485 e. The Morgan fingerprint density at radius 1 is 1.27 bits per heavy atom. The smallest absolute Gasteiger partial charge is 0.236 e. The van der Waals surface area contributed by atoms with Crippen molar-refractivity contribution in [3.05, 3.63) is 70.6 Å². The number of benzene rings is 1. The molecule has 0 atom stereocenters. The summed E-state index contributed by atoms with van der Waals surface area (Å²) in [7, 11) is 0. The number of carbonyl (C=O) groups excluding carboxylic acids is 1. The molecule has 10 heteroatoms. The minimum Gasteiger partial charge on any atom is -0.485 e. The molecule has 0 aliphatic carbocycles. The van der Waals surface area contributed by atoms with Gasteiger partial charge < -0.3 is 10.1 Å². The Balaban J connectivity index is 1.62. The third kappa shape index (κ3) is 5.98.